The van der Waals surface area contributed by atoms with Crippen LogP contribution < -0.4 is 9.47 Å². The Labute approximate surface area is 147 Å². The van der Waals surface area contributed by atoms with E-state index in [-0.39, 0.29) is 0 Å². The molecular weight excluding hydrogens is 326 g/mol. The molecule has 126 valence electrons. The number of hydrazine groups is 1. The number of pyridine rings is 1. The molecule has 0 atom stereocenters. The van der Waals surface area contributed by atoms with Crippen molar-refractivity contribution in [3.8, 4) is 11.5 Å². The van der Waals surface area contributed by atoms with E-state index in [0.29, 0.717) is 18.2 Å². The van der Waals surface area contributed by atoms with Gasteiger partial charge in [0.2, 0.25) is 0 Å². The van der Waals surface area contributed by atoms with Crippen molar-refractivity contribution < 1.29 is 9.47 Å². The smallest absolute Gasteiger partial charge is 0.129 e. The number of aromatic nitrogens is 1. The third-order valence-electron chi connectivity index (χ3n) is 3.90. The standard InChI is InChI=1S/C18H20ClN3O2/c1-23-16-8-7-14(17(11-16)24-2)12-21-9-4-10-22(21)13-15-5-3-6-18(19)20-15/h3-9,11H,10,12-13H2,1-2H3. The summed E-state index contributed by atoms with van der Waals surface area (Å²) in [5.74, 6) is 1.60. The summed E-state index contributed by atoms with van der Waals surface area (Å²) < 4.78 is 10.7. The van der Waals surface area contributed by atoms with Gasteiger partial charge in [0.1, 0.15) is 16.7 Å². The van der Waals surface area contributed by atoms with Gasteiger partial charge in [0, 0.05) is 24.4 Å². The largest absolute Gasteiger partial charge is 0.497 e. The predicted octanol–water partition coefficient (Wildman–Crippen LogP) is 3.50. The number of halogens is 1. The zero-order chi connectivity index (χ0) is 16.9. The molecule has 1 aliphatic heterocycles. The number of benzene rings is 1. The fourth-order valence-corrected chi connectivity index (χ4v) is 2.86. The van der Waals surface area contributed by atoms with Crippen LogP contribution in [0.15, 0.2) is 48.7 Å². The van der Waals surface area contributed by atoms with Gasteiger partial charge in [-0.05, 0) is 24.3 Å². The van der Waals surface area contributed by atoms with Crippen LogP contribution in [-0.2, 0) is 13.1 Å². The first-order valence-electron chi connectivity index (χ1n) is 7.70. The molecule has 24 heavy (non-hydrogen) atoms. The summed E-state index contributed by atoms with van der Waals surface area (Å²) >= 11 is 5.98. The number of ether oxygens (including phenoxy) is 2. The lowest BCUT2D eigenvalue weighted by molar-refractivity contribution is 0.0337. The minimum atomic E-state index is 0.517. The molecule has 2 heterocycles. The Bertz CT molecular complexity index is 736. The van der Waals surface area contributed by atoms with E-state index in [1.165, 1.54) is 0 Å². The van der Waals surface area contributed by atoms with Gasteiger partial charge in [-0.1, -0.05) is 23.7 Å². The minimum Gasteiger partial charge on any atom is -0.497 e. The minimum absolute atomic E-state index is 0.517. The molecule has 0 aliphatic carbocycles. The molecule has 0 bridgehead atoms. The van der Waals surface area contributed by atoms with Crippen molar-refractivity contribution in [2.75, 3.05) is 20.8 Å². The number of nitrogens with zero attached hydrogens (tertiary/aromatic N) is 3. The van der Waals surface area contributed by atoms with E-state index < -0.39 is 0 Å². The Hall–Kier alpha value is -2.24. The number of hydrogen-bond donors (Lipinski definition) is 0. The summed E-state index contributed by atoms with van der Waals surface area (Å²) in [4.78, 5) is 4.36. The Morgan fingerprint density at radius 2 is 2.00 bits per heavy atom. The van der Waals surface area contributed by atoms with Crippen LogP contribution in [0.2, 0.25) is 5.15 Å². The van der Waals surface area contributed by atoms with Gasteiger partial charge in [0.15, 0.2) is 0 Å². The Balaban J connectivity index is 1.73. The van der Waals surface area contributed by atoms with Crippen molar-refractivity contribution in [2.45, 2.75) is 13.1 Å². The lowest BCUT2D eigenvalue weighted by Crippen LogP contribution is -2.34. The van der Waals surface area contributed by atoms with Gasteiger partial charge < -0.3 is 14.5 Å². The molecular formula is C18H20ClN3O2. The maximum Gasteiger partial charge on any atom is 0.129 e. The monoisotopic (exact) mass is 345 g/mol. The maximum absolute atomic E-state index is 5.98. The summed E-state index contributed by atoms with van der Waals surface area (Å²) in [6.45, 7) is 2.25. The Kier molecular flexibility index (Phi) is 5.23. The molecule has 3 rings (SSSR count). The summed E-state index contributed by atoms with van der Waals surface area (Å²) in [6, 6.07) is 11.6. The van der Waals surface area contributed by atoms with Crippen LogP contribution in [0.5, 0.6) is 11.5 Å². The van der Waals surface area contributed by atoms with Gasteiger partial charge in [-0.25, -0.2) is 9.99 Å². The van der Waals surface area contributed by atoms with Crippen molar-refractivity contribution in [2.24, 2.45) is 0 Å². The molecule has 0 radical (unpaired) electrons. The number of hydrogen-bond acceptors (Lipinski definition) is 5. The van der Waals surface area contributed by atoms with Crippen molar-refractivity contribution in [1.29, 1.82) is 0 Å². The summed E-state index contributed by atoms with van der Waals surface area (Å²) in [6.07, 6.45) is 4.20. The average Bonchev–Trinajstić information content (AvgIpc) is 3.02. The molecule has 0 unspecified atom stereocenters. The lowest BCUT2D eigenvalue weighted by atomic mass is 10.2. The molecule has 0 saturated heterocycles. The van der Waals surface area contributed by atoms with E-state index in [0.717, 1.165) is 29.3 Å². The van der Waals surface area contributed by atoms with Gasteiger partial charge in [0.25, 0.3) is 0 Å². The molecule has 0 saturated carbocycles. The molecule has 1 aromatic carbocycles. The number of rotatable bonds is 6. The number of methoxy groups -OCH3 is 2. The second kappa shape index (κ2) is 7.55. The van der Waals surface area contributed by atoms with Gasteiger partial charge >= 0.3 is 0 Å². The quantitative estimate of drug-likeness (QED) is 0.749. The highest BCUT2D eigenvalue weighted by molar-refractivity contribution is 6.29. The highest BCUT2D eigenvalue weighted by atomic mass is 35.5. The van der Waals surface area contributed by atoms with Crippen LogP contribution in [0.4, 0.5) is 0 Å². The topological polar surface area (TPSA) is 37.8 Å². The van der Waals surface area contributed by atoms with Crippen molar-refractivity contribution in [3.05, 3.63) is 65.1 Å². The van der Waals surface area contributed by atoms with E-state index in [9.17, 15) is 0 Å². The average molecular weight is 346 g/mol. The van der Waals surface area contributed by atoms with Crippen LogP contribution in [0.1, 0.15) is 11.3 Å². The molecule has 0 N–H and O–H groups in total. The van der Waals surface area contributed by atoms with Crippen molar-refractivity contribution in [1.82, 2.24) is 15.0 Å². The molecule has 6 heteroatoms. The van der Waals surface area contributed by atoms with E-state index in [4.69, 9.17) is 21.1 Å². The predicted molar refractivity (Wildman–Crippen MR) is 93.9 cm³/mol. The zero-order valence-corrected chi connectivity index (χ0v) is 14.5. The zero-order valence-electron chi connectivity index (χ0n) is 13.8. The van der Waals surface area contributed by atoms with Crippen LogP contribution in [0, 0.1) is 0 Å². The highest BCUT2D eigenvalue weighted by Crippen LogP contribution is 2.27. The van der Waals surface area contributed by atoms with Gasteiger partial charge in [-0.3, -0.25) is 0 Å². The highest BCUT2D eigenvalue weighted by Gasteiger charge is 2.19. The second-order valence-electron chi connectivity index (χ2n) is 5.46. The molecule has 5 nitrogen and oxygen atoms in total. The molecule has 1 aliphatic rings. The molecule has 0 spiro atoms. The Morgan fingerprint density at radius 1 is 1.12 bits per heavy atom. The van der Waals surface area contributed by atoms with E-state index in [1.807, 2.05) is 30.3 Å². The first kappa shape index (κ1) is 16.6. The molecule has 2 aromatic rings. The van der Waals surface area contributed by atoms with E-state index in [2.05, 4.69) is 27.3 Å². The third kappa shape index (κ3) is 3.80. The third-order valence-corrected chi connectivity index (χ3v) is 4.11. The van der Waals surface area contributed by atoms with Crippen molar-refractivity contribution >= 4 is 11.6 Å². The SMILES string of the molecule is COc1ccc(CN2C=CCN2Cc2cccc(Cl)n2)c(OC)c1. The van der Waals surface area contributed by atoms with E-state index >= 15 is 0 Å². The molecule has 0 amide bonds. The summed E-state index contributed by atoms with van der Waals surface area (Å²) in [5, 5.41) is 4.89. The van der Waals surface area contributed by atoms with Crippen molar-refractivity contribution in [3.63, 3.8) is 0 Å². The lowest BCUT2D eigenvalue weighted by Gasteiger charge is -2.29. The fourth-order valence-electron chi connectivity index (χ4n) is 2.68. The second-order valence-corrected chi connectivity index (χ2v) is 5.85. The van der Waals surface area contributed by atoms with Crippen LogP contribution in [0.3, 0.4) is 0 Å². The van der Waals surface area contributed by atoms with Gasteiger partial charge in [-0.2, -0.15) is 0 Å². The van der Waals surface area contributed by atoms with Crippen LogP contribution in [0.25, 0.3) is 0 Å². The van der Waals surface area contributed by atoms with Crippen LogP contribution in [-0.4, -0.2) is 35.8 Å². The first-order chi connectivity index (χ1) is 11.7. The normalized spacial score (nSPS) is 14.2. The maximum atomic E-state index is 5.98. The first-order valence-corrected chi connectivity index (χ1v) is 8.08. The van der Waals surface area contributed by atoms with Gasteiger partial charge in [0.05, 0.1) is 33.0 Å². The van der Waals surface area contributed by atoms with Gasteiger partial charge in [-0.15, -0.1) is 0 Å². The fraction of sp³-hybridized carbons (Fsp3) is 0.278. The van der Waals surface area contributed by atoms with E-state index in [1.54, 1.807) is 20.3 Å². The molecule has 0 fully saturated rings. The molecule has 1 aromatic heterocycles. The Morgan fingerprint density at radius 3 is 2.75 bits per heavy atom. The van der Waals surface area contributed by atoms with Crippen LogP contribution >= 0.6 is 11.6 Å². The summed E-state index contributed by atoms with van der Waals surface area (Å²) in [7, 11) is 3.32. The summed E-state index contributed by atoms with van der Waals surface area (Å²) in [5.41, 5.74) is 2.03.